The topological polar surface area (TPSA) is 112 Å². The van der Waals surface area contributed by atoms with Crippen LogP contribution in [0.15, 0.2) is 12.3 Å². The van der Waals surface area contributed by atoms with Crippen molar-refractivity contribution in [3.8, 4) is 10.4 Å². The fourth-order valence-corrected chi connectivity index (χ4v) is 2.69. The van der Waals surface area contributed by atoms with Crippen LogP contribution in [0.1, 0.15) is 10.7 Å². The van der Waals surface area contributed by atoms with Crippen molar-refractivity contribution in [2.45, 2.75) is 13.3 Å². The van der Waals surface area contributed by atoms with Gasteiger partial charge in [-0.2, -0.15) is 4.39 Å². The highest BCUT2D eigenvalue weighted by molar-refractivity contribution is 7.15. The Hall–Kier alpha value is -2.42. The molecule has 104 valence electrons. The van der Waals surface area contributed by atoms with Crippen molar-refractivity contribution in [2.75, 3.05) is 0 Å². The lowest BCUT2D eigenvalue weighted by molar-refractivity contribution is -0.388. The number of nitrogens with two attached hydrogens (primary N) is 1. The van der Waals surface area contributed by atoms with Crippen molar-refractivity contribution in [3.05, 3.63) is 39.0 Å². The highest BCUT2D eigenvalue weighted by Crippen LogP contribution is 2.32. The van der Waals surface area contributed by atoms with Crippen LogP contribution in [0, 0.1) is 23.0 Å². The molecule has 0 radical (unpaired) electrons. The Labute approximate surface area is 116 Å². The maximum absolute atomic E-state index is 13.2. The van der Waals surface area contributed by atoms with Gasteiger partial charge in [-0.3, -0.25) is 14.9 Å². The number of hydrogen-bond acceptors (Lipinski definition) is 6. The van der Waals surface area contributed by atoms with Gasteiger partial charge in [0.1, 0.15) is 5.01 Å². The van der Waals surface area contributed by atoms with Crippen LogP contribution < -0.4 is 5.73 Å². The number of carbonyl (C=O) groups excluding carboxylic acids is 1. The lowest BCUT2D eigenvalue weighted by atomic mass is 10.2. The molecular weight excluding hydrogens is 287 g/mol. The Morgan fingerprint density at radius 2 is 2.30 bits per heavy atom. The highest BCUT2D eigenvalue weighted by atomic mass is 32.1. The van der Waals surface area contributed by atoms with Gasteiger partial charge in [0.25, 0.3) is 5.95 Å². The van der Waals surface area contributed by atoms with E-state index in [1.165, 1.54) is 17.5 Å². The molecular formula is C11H9FN4O3S. The molecule has 20 heavy (non-hydrogen) atoms. The van der Waals surface area contributed by atoms with Crippen LogP contribution in [-0.4, -0.2) is 20.8 Å². The van der Waals surface area contributed by atoms with Crippen molar-refractivity contribution >= 4 is 22.9 Å². The number of nitro groups is 1. The van der Waals surface area contributed by atoms with Crippen molar-refractivity contribution in [3.63, 3.8) is 0 Å². The van der Waals surface area contributed by atoms with E-state index < -0.39 is 22.5 Å². The van der Waals surface area contributed by atoms with Crippen LogP contribution in [-0.2, 0) is 11.2 Å². The summed E-state index contributed by atoms with van der Waals surface area (Å²) < 4.78 is 13.2. The summed E-state index contributed by atoms with van der Waals surface area (Å²) in [6, 6.07) is 1.09. The summed E-state index contributed by atoms with van der Waals surface area (Å²) in [7, 11) is 0. The molecule has 0 saturated carbocycles. The SMILES string of the molecule is Cc1nc(CC(N)=O)sc1-c1cnc(F)c([N+](=O)[O-])c1. The first kappa shape index (κ1) is 14.0. The van der Waals surface area contributed by atoms with Crippen LogP contribution in [0.2, 0.25) is 0 Å². The van der Waals surface area contributed by atoms with Gasteiger partial charge in [0.15, 0.2) is 0 Å². The summed E-state index contributed by atoms with van der Waals surface area (Å²) in [5.41, 5.74) is 5.34. The third kappa shape index (κ3) is 2.77. The second-order valence-electron chi connectivity index (χ2n) is 3.96. The Morgan fingerprint density at radius 3 is 2.90 bits per heavy atom. The molecule has 1 amide bonds. The lowest BCUT2D eigenvalue weighted by Gasteiger charge is -1.99. The second kappa shape index (κ2) is 5.29. The number of aromatic nitrogens is 2. The molecule has 7 nitrogen and oxygen atoms in total. The molecule has 2 aromatic rings. The van der Waals surface area contributed by atoms with Gasteiger partial charge in [0.05, 0.1) is 21.9 Å². The van der Waals surface area contributed by atoms with Crippen LogP contribution in [0.3, 0.4) is 0 Å². The highest BCUT2D eigenvalue weighted by Gasteiger charge is 2.19. The predicted octanol–water partition coefficient (Wildman–Crippen LogP) is 1.59. The first-order chi connectivity index (χ1) is 9.38. The predicted molar refractivity (Wildman–Crippen MR) is 69.6 cm³/mol. The van der Waals surface area contributed by atoms with Gasteiger partial charge in [-0.25, -0.2) is 9.97 Å². The number of primary amides is 1. The molecule has 2 rings (SSSR count). The monoisotopic (exact) mass is 296 g/mol. The van der Waals surface area contributed by atoms with E-state index in [0.29, 0.717) is 21.1 Å². The van der Waals surface area contributed by atoms with Gasteiger partial charge in [0, 0.05) is 17.8 Å². The van der Waals surface area contributed by atoms with E-state index >= 15 is 0 Å². The number of carbonyl (C=O) groups is 1. The molecule has 9 heteroatoms. The minimum atomic E-state index is -1.14. The van der Waals surface area contributed by atoms with Gasteiger partial charge >= 0.3 is 5.69 Å². The van der Waals surface area contributed by atoms with Gasteiger partial charge < -0.3 is 5.73 Å². The number of amides is 1. The van der Waals surface area contributed by atoms with E-state index in [2.05, 4.69) is 9.97 Å². The zero-order valence-electron chi connectivity index (χ0n) is 10.3. The molecule has 2 N–H and O–H groups in total. The van der Waals surface area contributed by atoms with Crippen molar-refractivity contribution in [2.24, 2.45) is 5.73 Å². The van der Waals surface area contributed by atoms with Gasteiger partial charge in [0.2, 0.25) is 5.91 Å². The summed E-state index contributed by atoms with van der Waals surface area (Å²) in [4.78, 5) is 28.8. The Morgan fingerprint density at radius 1 is 1.60 bits per heavy atom. The average Bonchev–Trinajstić information content (AvgIpc) is 2.69. The van der Waals surface area contributed by atoms with Crippen LogP contribution in [0.25, 0.3) is 10.4 Å². The Bertz CT molecular complexity index is 701. The van der Waals surface area contributed by atoms with E-state index in [4.69, 9.17) is 5.73 Å². The summed E-state index contributed by atoms with van der Waals surface area (Å²) in [6.45, 7) is 1.69. The second-order valence-corrected chi connectivity index (χ2v) is 5.04. The largest absolute Gasteiger partial charge is 0.369 e. The maximum atomic E-state index is 13.2. The molecule has 0 bridgehead atoms. The molecule has 0 aliphatic carbocycles. The van der Waals surface area contributed by atoms with Crippen molar-refractivity contribution in [1.29, 1.82) is 0 Å². The minimum Gasteiger partial charge on any atom is -0.369 e. The number of halogens is 1. The van der Waals surface area contributed by atoms with E-state index in [-0.39, 0.29) is 6.42 Å². The molecule has 0 aliphatic rings. The lowest BCUT2D eigenvalue weighted by Crippen LogP contribution is -2.13. The molecule has 0 atom stereocenters. The maximum Gasteiger partial charge on any atom is 0.324 e. The molecule has 0 spiro atoms. The molecule has 2 aromatic heterocycles. The number of nitrogens with zero attached hydrogens (tertiary/aromatic N) is 3. The number of aryl methyl sites for hydroxylation is 1. The third-order valence-corrected chi connectivity index (χ3v) is 3.65. The standard InChI is InChI=1S/C11H9FN4O3S/c1-5-10(20-9(15-5)3-8(13)17)6-2-7(16(18)19)11(12)14-4-6/h2,4H,3H2,1H3,(H2,13,17). The fourth-order valence-electron chi connectivity index (χ4n) is 1.63. The molecule has 0 unspecified atom stereocenters. The Kier molecular flexibility index (Phi) is 3.70. The molecule has 2 heterocycles. The quantitative estimate of drug-likeness (QED) is 0.523. The van der Waals surface area contributed by atoms with E-state index in [0.717, 1.165) is 6.07 Å². The number of rotatable bonds is 4. The zero-order chi connectivity index (χ0) is 14.9. The van der Waals surface area contributed by atoms with Crippen LogP contribution in [0.4, 0.5) is 10.1 Å². The molecule has 0 saturated heterocycles. The first-order valence-electron chi connectivity index (χ1n) is 5.43. The Balaban J connectivity index is 2.46. The summed E-state index contributed by atoms with van der Waals surface area (Å²) in [5.74, 6) is -1.66. The summed E-state index contributed by atoms with van der Waals surface area (Å²) in [5, 5.41) is 11.2. The molecule has 0 aromatic carbocycles. The fraction of sp³-hybridized carbons (Fsp3) is 0.182. The summed E-state index contributed by atoms with van der Waals surface area (Å²) in [6.07, 6.45) is 1.18. The smallest absolute Gasteiger partial charge is 0.324 e. The van der Waals surface area contributed by atoms with Crippen LogP contribution >= 0.6 is 11.3 Å². The molecule has 0 fully saturated rings. The molecule has 0 aliphatic heterocycles. The van der Waals surface area contributed by atoms with E-state index in [1.807, 2.05) is 0 Å². The normalized spacial score (nSPS) is 10.5. The number of pyridine rings is 1. The average molecular weight is 296 g/mol. The number of hydrogen-bond donors (Lipinski definition) is 1. The first-order valence-corrected chi connectivity index (χ1v) is 6.25. The van der Waals surface area contributed by atoms with Crippen LogP contribution in [0.5, 0.6) is 0 Å². The van der Waals surface area contributed by atoms with Gasteiger partial charge in [-0.05, 0) is 6.92 Å². The number of thiazole rings is 1. The summed E-state index contributed by atoms with van der Waals surface area (Å²) >= 11 is 1.17. The van der Waals surface area contributed by atoms with Gasteiger partial charge in [-0.15, -0.1) is 11.3 Å². The van der Waals surface area contributed by atoms with Gasteiger partial charge in [-0.1, -0.05) is 0 Å². The van der Waals surface area contributed by atoms with E-state index in [1.54, 1.807) is 6.92 Å². The van der Waals surface area contributed by atoms with E-state index in [9.17, 15) is 19.3 Å². The van der Waals surface area contributed by atoms with Crippen molar-refractivity contribution < 1.29 is 14.1 Å². The van der Waals surface area contributed by atoms with Crippen molar-refractivity contribution in [1.82, 2.24) is 9.97 Å². The zero-order valence-corrected chi connectivity index (χ0v) is 11.1. The minimum absolute atomic E-state index is 0.0117. The third-order valence-electron chi connectivity index (χ3n) is 2.45.